The molecule has 0 unspecified atom stereocenters. The van der Waals surface area contributed by atoms with E-state index in [1.807, 2.05) is 0 Å². The van der Waals surface area contributed by atoms with Crippen LogP contribution in [0.25, 0.3) is 11.3 Å². The molecule has 0 atom stereocenters. The lowest BCUT2D eigenvalue weighted by atomic mass is 9.85. The summed E-state index contributed by atoms with van der Waals surface area (Å²) in [5.74, 6) is -2.46. The van der Waals surface area contributed by atoms with Crippen molar-refractivity contribution >= 4 is 11.8 Å². The van der Waals surface area contributed by atoms with Crippen LogP contribution in [0.1, 0.15) is 19.4 Å². The van der Waals surface area contributed by atoms with Gasteiger partial charge in [-0.2, -0.15) is 0 Å². The first-order valence-corrected chi connectivity index (χ1v) is 6.65. The maximum absolute atomic E-state index is 14.0. The first-order chi connectivity index (χ1) is 10.2. The number of hydrogen-bond acceptors (Lipinski definition) is 3. The van der Waals surface area contributed by atoms with Crippen LogP contribution in [-0.2, 0) is 11.2 Å². The molecule has 0 aliphatic carbocycles. The third-order valence-electron chi connectivity index (χ3n) is 3.40. The van der Waals surface area contributed by atoms with Crippen molar-refractivity contribution in [2.45, 2.75) is 20.3 Å². The molecule has 0 aliphatic rings. The Morgan fingerprint density at radius 2 is 1.86 bits per heavy atom. The number of aliphatic carboxylic acids is 1. The molecule has 22 heavy (non-hydrogen) atoms. The Morgan fingerprint density at radius 1 is 1.23 bits per heavy atom. The summed E-state index contributed by atoms with van der Waals surface area (Å²) in [4.78, 5) is 15.0. The molecule has 6 heteroatoms. The van der Waals surface area contributed by atoms with E-state index in [0.717, 1.165) is 6.07 Å². The lowest BCUT2D eigenvalue weighted by Crippen LogP contribution is -2.26. The van der Waals surface area contributed by atoms with Crippen LogP contribution >= 0.6 is 0 Å². The van der Waals surface area contributed by atoms with Crippen molar-refractivity contribution in [1.82, 2.24) is 4.98 Å². The molecule has 0 radical (unpaired) electrons. The summed E-state index contributed by atoms with van der Waals surface area (Å²) in [6, 6.07) is 6.72. The topological polar surface area (TPSA) is 76.2 Å². The SMILES string of the molecule is CC(C)(Cc1ccc(F)c(-c2ccc(F)c(N)n2)c1)C(=O)O. The molecule has 4 nitrogen and oxygen atoms in total. The van der Waals surface area contributed by atoms with Gasteiger partial charge < -0.3 is 10.8 Å². The summed E-state index contributed by atoms with van der Waals surface area (Å²) in [6.07, 6.45) is 0.228. The molecule has 0 aliphatic heterocycles. The smallest absolute Gasteiger partial charge is 0.309 e. The van der Waals surface area contributed by atoms with Crippen LogP contribution < -0.4 is 5.73 Å². The summed E-state index contributed by atoms with van der Waals surface area (Å²) in [7, 11) is 0. The molecule has 0 amide bonds. The second-order valence-corrected chi connectivity index (χ2v) is 5.74. The van der Waals surface area contributed by atoms with Crippen LogP contribution in [0.5, 0.6) is 0 Å². The summed E-state index contributed by atoms with van der Waals surface area (Å²) in [5.41, 5.74) is 5.42. The van der Waals surface area contributed by atoms with Gasteiger partial charge in [0.15, 0.2) is 11.6 Å². The zero-order valence-electron chi connectivity index (χ0n) is 12.2. The molecule has 0 spiro atoms. The van der Waals surface area contributed by atoms with Gasteiger partial charge in [-0.1, -0.05) is 6.07 Å². The fraction of sp³-hybridized carbons (Fsp3) is 0.250. The number of nitrogens with zero attached hydrogens (tertiary/aromatic N) is 1. The van der Waals surface area contributed by atoms with Gasteiger partial charge in [0.2, 0.25) is 0 Å². The number of nitrogen functional groups attached to an aromatic ring is 1. The monoisotopic (exact) mass is 306 g/mol. The van der Waals surface area contributed by atoms with Crippen molar-refractivity contribution < 1.29 is 18.7 Å². The second-order valence-electron chi connectivity index (χ2n) is 5.74. The van der Waals surface area contributed by atoms with Crippen molar-refractivity contribution in [3.8, 4) is 11.3 Å². The fourth-order valence-corrected chi connectivity index (χ4v) is 2.07. The van der Waals surface area contributed by atoms with E-state index < -0.39 is 23.0 Å². The van der Waals surface area contributed by atoms with Gasteiger partial charge in [0, 0.05) is 5.56 Å². The van der Waals surface area contributed by atoms with Crippen LogP contribution in [0.15, 0.2) is 30.3 Å². The van der Waals surface area contributed by atoms with Gasteiger partial charge in [0.1, 0.15) is 5.82 Å². The number of pyridine rings is 1. The van der Waals surface area contributed by atoms with E-state index in [2.05, 4.69) is 4.98 Å². The second kappa shape index (κ2) is 5.71. The third kappa shape index (κ3) is 3.21. The standard InChI is InChI=1S/C16H16F2N2O2/c1-16(2,15(21)22)8-9-3-4-11(17)10(7-9)13-6-5-12(18)14(19)20-13/h3-7H,8H2,1-2H3,(H2,19,20)(H,21,22). The highest BCUT2D eigenvalue weighted by atomic mass is 19.1. The Hall–Kier alpha value is -2.50. The first-order valence-electron chi connectivity index (χ1n) is 6.65. The number of hydrogen-bond donors (Lipinski definition) is 2. The maximum atomic E-state index is 14.0. The number of anilines is 1. The highest BCUT2D eigenvalue weighted by Crippen LogP contribution is 2.28. The molecule has 0 saturated heterocycles. The van der Waals surface area contributed by atoms with Gasteiger partial charge in [0.05, 0.1) is 11.1 Å². The number of rotatable bonds is 4. The van der Waals surface area contributed by atoms with Crippen molar-refractivity contribution in [2.75, 3.05) is 5.73 Å². The molecule has 1 heterocycles. The van der Waals surface area contributed by atoms with Gasteiger partial charge in [-0.15, -0.1) is 0 Å². The van der Waals surface area contributed by atoms with Crippen molar-refractivity contribution in [2.24, 2.45) is 5.41 Å². The highest BCUT2D eigenvalue weighted by molar-refractivity contribution is 5.74. The number of nitrogens with two attached hydrogens (primary N) is 1. The number of aromatic nitrogens is 1. The van der Waals surface area contributed by atoms with E-state index in [1.165, 1.54) is 24.3 Å². The van der Waals surface area contributed by atoms with Crippen molar-refractivity contribution in [3.05, 3.63) is 47.5 Å². The zero-order valence-corrected chi connectivity index (χ0v) is 12.2. The van der Waals surface area contributed by atoms with Gasteiger partial charge in [0.25, 0.3) is 0 Å². The minimum absolute atomic E-state index is 0.158. The van der Waals surface area contributed by atoms with E-state index >= 15 is 0 Å². The molecule has 0 bridgehead atoms. The summed E-state index contributed by atoms with van der Waals surface area (Å²) < 4.78 is 27.1. The maximum Gasteiger partial charge on any atom is 0.309 e. The Kier molecular flexibility index (Phi) is 4.12. The van der Waals surface area contributed by atoms with E-state index in [1.54, 1.807) is 13.8 Å². The molecule has 1 aromatic carbocycles. The van der Waals surface area contributed by atoms with Gasteiger partial charge in [-0.3, -0.25) is 4.79 Å². The third-order valence-corrected chi connectivity index (χ3v) is 3.40. The quantitative estimate of drug-likeness (QED) is 0.909. The Balaban J connectivity index is 2.43. The van der Waals surface area contributed by atoms with Crippen molar-refractivity contribution in [1.29, 1.82) is 0 Å². The lowest BCUT2D eigenvalue weighted by molar-refractivity contribution is -0.146. The van der Waals surface area contributed by atoms with Gasteiger partial charge in [-0.05, 0) is 50.1 Å². The molecule has 1 aromatic heterocycles. The van der Waals surface area contributed by atoms with Crippen LogP contribution in [0, 0.1) is 17.0 Å². The minimum atomic E-state index is -0.982. The van der Waals surface area contributed by atoms with Crippen LogP contribution in [0.4, 0.5) is 14.6 Å². The number of carboxylic acid groups (broad SMARTS) is 1. The predicted octanol–water partition coefficient (Wildman–Crippen LogP) is 3.26. The highest BCUT2D eigenvalue weighted by Gasteiger charge is 2.27. The number of carbonyl (C=O) groups is 1. The Labute approximate surface area is 126 Å². The number of carboxylic acids is 1. The first kappa shape index (κ1) is 15.9. The van der Waals surface area contributed by atoms with E-state index in [-0.39, 0.29) is 23.5 Å². The molecule has 2 rings (SSSR count). The van der Waals surface area contributed by atoms with Crippen LogP contribution in [0.3, 0.4) is 0 Å². The summed E-state index contributed by atoms with van der Waals surface area (Å²) in [6.45, 7) is 3.18. The van der Waals surface area contributed by atoms with E-state index in [9.17, 15) is 13.6 Å². The average Bonchev–Trinajstić information content (AvgIpc) is 2.43. The molecule has 116 valence electrons. The summed E-state index contributed by atoms with van der Waals surface area (Å²) in [5, 5.41) is 9.17. The van der Waals surface area contributed by atoms with Crippen molar-refractivity contribution in [3.63, 3.8) is 0 Å². The average molecular weight is 306 g/mol. The molecule has 0 fully saturated rings. The molecule has 0 saturated carbocycles. The lowest BCUT2D eigenvalue weighted by Gasteiger charge is -2.19. The fourth-order valence-electron chi connectivity index (χ4n) is 2.07. The minimum Gasteiger partial charge on any atom is -0.481 e. The van der Waals surface area contributed by atoms with E-state index in [0.29, 0.717) is 5.56 Å². The van der Waals surface area contributed by atoms with Crippen LogP contribution in [-0.4, -0.2) is 16.1 Å². The van der Waals surface area contributed by atoms with Gasteiger partial charge in [-0.25, -0.2) is 13.8 Å². The molecule has 2 aromatic rings. The largest absolute Gasteiger partial charge is 0.481 e. The number of benzene rings is 1. The zero-order chi connectivity index (χ0) is 16.5. The van der Waals surface area contributed by atoms with Crippen LogP contribution in [0.2, 0.25) is 0 Å². The number of halogens is 2. The molecule has 3 N–H and O–H groups in total. The molecular formula is C16H16F2N2O2. The van der Waals surface area contributed by atoms with E-state index in [4.69, 9.17) is 10.8 Å². The Morgan fingerprint density at radius 3 is 2.45 bits per heavy atom. The normalized spacial score (nSPS) is 11.5. The molecular weight excluding hydrogens is 290 g/mol. The predicted molar refractivity (Wildman–Crippen MR) is 79.1 cm³/mol. The Bertz CT molecular complexity index is 730. The summed E-state index contributed by atoms with van der Waals surface area (Å²) >= 11 is 0. The van der Waals surface area contributed by atoms with Gasteiger partial charge >= 0.3 is 5.97 Å².